The second-order valence-electron chi connectivity index (χ2n) is 23.4. The molecule has 4 amide bonds. The van der Waals surface area contributed by atoms with Gasteiger partial charge in [-0.3, -0.25) is 29.1 Å². The van der Waals surface area contributed by atoms with Gasteiger partial charge in [-0.1, -0.05) is 140 Å². The number of pyridine rings is 2. The highest BCUT2D eigenvalue weighted by Crippen LogP contribution is 2.57. The molecule has 0 bridgehead atoms. The summed E-state index contributed by atoms with van der Waals surface area (Å²) in [5.74, 6) is -3.94. The lowest BCUT2D eigenvalue weighted by Crippen LogP contribution is -2.41. The first-order chi connectivity index (χ1) is 43.1. The molecule has 89 heavy (non-hydrogen) atoms. The van der Waals surface area contributed by atoms with Crippen molar-refractivity contribution in [2.45, 2.75) is 33.1 Å². The molecule has 0 saturated heterocycles. The number of carboxylic acids is 2. The fourth-order valence-corrected chi connectivity index (χ4v) is 14.9. The van der Waals surface area contributed by atoms with Crippen LogP contribution in [0, 0.1) is 27.7 Å². The smallest absolute Gasteiger partial charge is 0.336 e. The number of amides is 4. The van der Waals surface area contributed by atoms with Gasteiger partial charge in [0.1, 0.15) is 0 Å². The first kappa shape index (κ1) is 52.8. The number of carbonyl (C=O) groups is 6. The summed E-state index contributed by atoms with van der Waals surface area (Å²) in [5.41, 5.74) is 14.7. The highest BCUT2D eigenvalue weighted by Gasteiger charge is 2.46. The number of hydrogen-bond acceptors (Lipinski definition) is 8. The van der Waals surface area contributed by atoms with Gasteiger partial charge in [-0.2, -0.15) is 0 Å². The number of aromatic nitrogens is 2. The van der Waals surface area contributed by atoms with Crippen LogP contribution in [0.2, 0.25) is 0 Å². The topological polar surface area (TPSA) is 175 Å². The fraction of sp³-hybridized carbons (Fsp3) is 0.0649. The molecule has 0 atom stereocenters. The Hall–Kier alpha value is -11.8. The van der Waals surface area contributed by atoms with E-state index in [1.54, 1.807) is 24.3 Å². The standard InChI is InChI=1S/C77H48N4O8/c1-39-10-9-11-40(2)69(39)80-71(82)55-28-24-51-53-26-30-57-68-58(31-27-54(66(53)68)52-25-29-56(72(80)83)67(55)65(51)52)74(85)81(73(57)84)70-41(3)34-46(35-42(70)4)43-16-20-47(21-17-43)77(61-14-7-5-12-49(61)50-13-6-8-15-62(50)77)48-22-18-44(19-23-48)60-38-79-64(37-59(60)76(88)89)63-36-45(75(86)87)32-33-78-63/h5-38H,1-4H3,(H,86,87)(H,88,89). The van der Waals surface area contributed by atoms with Gasteiger partial charge in [0.25, 0.3) is 23.6 Å². The maximum Gasteiger partial charge on any atom is 0.336 e. The molecule has 4 heterocycles. The first-order valence-electron chi connectivity index (χ1n) is 29.1. The van der Waals surface area contributed by atoms with Crippen LogP contribution in [0.15, 0.2) is 207 Å². The maximum atomic E-state index is 15.1. The van der Waals surface area contributed by atoms with Gasteiger partial charge in [-0.25, -0.2) is 19.4 Å². The van der Waals surface area contributed by atoms with E-state index in [0.717, 1.165) is 99.1 Å². The molecule has 424 valence electrons. The van der Waals surface area contributed by atoms with Crippen LogP contribution in [0.5, 0.6) is 0 Å². The van der Waals surface area contributed by atoms with Gasteiger partial charge >= 0.3 is 11.9 Å². The fourth-order valence-electron chi connectivity index (χ4n) is 14.9. The molecule has 13 aromatic rings. The Kier molecular flexibility index (Phi) is 11.3. The van der Waals surface area contributed by atoms with Gasteiger partial charge in [-0.05, 0) is 187 Å². The van der Waals surface area contributed by atoms with E-state index in [4.69, 9.17) is 0 Å². The van der Waals surface area contributed by atoms with Gasteiger partial charge in [0.05, 0.1) is 39.3 Å². The van der Waals surface area contributed by atoms with Crippen LogP contribution in [0.1, 0.15) is 107 Å². The van der Waals surface area contributed by atoms with Crippen molar-refractivity contribution >= 4 is 90.0 Å². The van der Waals surface area contributed by atoms with Crippen molar-refractivity contribution in [3.63, 3.8) is 0 Å². The number of anilines is 2. The molecule has 0 radical (unpaired) electrons. The molecule has 12 heteroatoms. The van der Waals surface area contributed by atoms with Crippen molar-refractivity contribution < 1.29 is 39.0 Å². The van der Waals surface area contributed by atoms with E-state index in [2.05, 4.69) is 58.5 Å². The second-order valence-corrected chi connectivity index (χ2v) is 23.4. The number of rotatable bonds is 9. The summed E-state index contributed by atoms with van der Waals surface area (Å²) in [4.78, 5) is 95.2. The quantitative estimate of drug-likeness (QED) is 0.0804. The molecule has 2 aromatic heterocycles. The summed E-state index contributed by atoms with van der Waals surface area (Å²) >= 11 is 0. The predicted octanol–water partition coefficient (Wildman–Crippen LogP) is 16.1. The Morgan fingerprint density at radius 2 is 0.820 bits per heavy atom. The Morgan fingerprint density at radius 3 is 1.28 bits per heavy atom. The number of aromatic carboxylic acids is 2. The summed E-state index contributed by atoms with van der Waals surface area (Å²) in [6.07, 6.45) is 2.84. The molecule has 0 unspecified atom stereocenters. The minimum atomic E-state index is -1.17. The molecule has 11 aromatic carbocycles. The van der Waals surface area contributed by atoms with Crippen LogP contribution >= 0.6 is 0 Å². The summed E-state index contributed by atoms with van der Waals surface area (Å²) in [7, 11) is 0. The molecule has 0 saturated carbocycles. The van der Waals surface area contributed by atoms with Gasteiger partial charge in [-0.15, -0.1) is 0 Å². The molecule has 0 fully saturated rings. The van der Waals surface area contributed by atoms with Crippen LogP contribution in [-0.4, -0.2) is 55.7 Å². The van der Waals surface area contributed by atoms with Crippen molar-refractivity contribution in [2.24, 2.45) is 0 Å². The van der Waals surface area contributed by atoms with E-state index >= 15 is 9.59 Å². The zero-order valence-corrected chi connectivity index (χ0v) is 48.3. The number of carboxylic acid groups (broad SMARTS) is 2. The largest absolute Gasteiger partial charge is 0.478 e. The lowest BCUT2D eigenvalue weighted by molar-refractivity contribution is 0.0686. The van der Waals surface area contributed by atoms with Gasteiger partial charge < -0.3 is 10.2 Å². The number of benzene rings is 11. The average Bonchev–Trinajstić information content (AvgIpc) is 1.51. The minimum Gasteiger partial charge on any atom is -0.478 e. The zero-order valence-electron chi connectivity index (χ0n) is 48.3. The molecule has 3 aliphatic rings. The highest BCUT2D eigenvalue weighted by atomic mass is 16.4. The van der Waals surface area contributed by atoms with Crippen molar-refractivity contribution in [1.29, 1.82) is 0 Å². The summed E-state index contributed by atoms with van der Waals surface area (Å²) in [6.45, 7) is 7.65. The van der Waals surface area contributed by atoms with Gasteiger partial charge in [0, 0.05) is 51.0 Å². The third-order valence-corrected chi connectivity index (χ3v) is 18.6. The molecule has 1 aliphatic carbocycles. The van der Waals surface area contributed by atoms with Crippen LogP contribution in [0.25, 0.3) is 87.9 Å². The van der Waals surface area contributed by atoms with Gasteiger partial charge in [0.15, 0.2) is 0 Å². The molecular formula is C77H48N4O8. The lowest BCUT2D eigenvalue weighted by Gasteiger charge is -2.34. The number of carbonyl (C=O) groups excluding carboxylic acids is 4. The Bertz CT molecular complexity index is 5210. The number of aryl methyl sites for hydroxylation is 4. The zero-order chi connectivity index (χ0) is 61.0. The number of nitrogens with zero attached hydrogens (tertiary/aromatic N) is 4. The molecular weight excluding hydrogens is 1110 g/mol. The highest BCUT2D eigenvalue weighted by molar-refractivity contribution is 6.45. The number of hydrogen-bond donors (Lipinski definition) is 2. The normalized spacial score (nSPS) is 13.9. The summed E-state index contributed by atoms with van der Waals surface area (Å²) in [6, 6.07) is 62.0. The SMILES string of the molecule is Cc1cccc(C)c1N1C(=O)c2ccc3c4ccc5c6c(ccc(c7ccc(c2c37)C1=O)c64)C(=O)N(c1c(C)cc(-c2ccc(C3(c4ccc(-c6cnc(-c7cc(C(=O)O)ccn7)cc6C(=O)O)cc4)c4ccccc4-c4ccccc43)cc2)cc1C)C5=O. The molecule has 0 spiro atoms. The minimum absolute atomic E-state index is 0.00769. The van der Waals surface area contributed by atoms with Crippen molar-refractivity contribution in [2.75, 3.05) is 9.80 Å². The molecule has 2 N–H and O–H groups in total. The second kappa shape index (κ2) is 19.1. The van der Waals surface area contributed by atoms with Crippen molar-refractivity contribution in [3.8, 4) is 44.8 Å². The summed E-state index contributed by atoms with van der Waals surface area (Å²) < 4.78 is 0. The Morgan fingerprint density at radius 1 is 0.382 bits per heavy atom. The third kappa shape index (κ3) is 7.34. The predicted molar refractivity (Wildman–Crippen MR) is 345 cm³/mol. The van der Waals surface area contributed by atoms with Crippen molar-refractivity contribution in [3.05, 3.63) is 284 Å². The van der Waals surface area contributed by atoms with E-state index in [9.17, 15) is 29.4 Å². The van der Waals surface area contributed by atoms with Crippen molar-refractivity contribution in [1.82, 2.24) is 9.97 Å². The van der Waals surface area contributed by atoms with Crippen LogP contribution in [-0.2, 0) is 5.41 Å². The third-order valence-electron chi connectivity index (χ3n) is 18.6. The van der Waals surface area contributed by atoms with Gasteiger partial charge in [0.2, 0.25) is 0 Å². The van der Waals surface area contributed by atoms with E-state index in [-0.39, 0.29) is 34.3 Å². The maximum absolute atomic E-state index is 15.1. The van der Waals surface area contributed by atoms with E-state index in [1.807, 2.05) is 131 Å². The van der Waals surface area contributed by atoms with E-state index in [0.29, 0.717) is 55.5 Å². The van der Waals surface area contributed by atoms with E-state index < -0.39 is 29.2 Å². The molecule has 16 rings (SSSR count). The monoisotopic (exact) mass is 1160 g/mol. The average molecular weight is 1160 g/mol. The van der Waals surface area contributed by atoms with Crippen LogP contribution in [0.4, 0.5) is 11.4 Å². The summed E-state index contributed by atoms with van der Waals surface area (Å²) in [5, 5.41) is 26.1. The molecule has 12 nitrogen and oxygen atoms in total. The number of fused-ring (bicyclic) bond motifs is 5. The van der Waals surface area contributed by atoms with E-state index in [1.165, 1.54) is 40.4 Å². The Balaban J connectivity index is 0.747. The molecule has 2 aliphatic heterocycles. The van der Waals surface area contributed by atoms with Crippen LogP contribution in [0.3, 0.4) is 0 Å². The van der Waals surface area contributed by atoms with Crippen LogP contribution < -0.4 is 9.80 Å². The Labute approximate surface area is 508 Å². The lowest BCUT2D eigenvalue weighted by atomic mass is 9.67. The number of imide groups is 2. The number of para-hydroxylation sites is 1. The first-order valence-corrected chi connectivity index (χ1v) is 29.1.